The van der Waals surface area contributed by atoms with Crippen molar-refractivity contribution in [1.29, 1.82) is 0 Å². The number of hydrogen-bond donors (Lipinski definition) is 1. The summed E-state index contributed by atoms with van der Waals surface area (Å²) in [4.78, 5) is 33.5. The highest BCUT2D eigenvalue weighted by atomic mass is 16.5. The van der Waals surface area contributed by atoms with Crippen LogP contribution >= 0.6 is 0 Å². The van der Waals surface area contributed by atoms with Crippen molar-refractivity contribution in [2.24, 2.45) is 0 Å². The van der Waals surface area contributed by atoms with Crippen molar-refractivity contribution in [2.45, 2.75) is 32.2 Å². The third kappa shape index (κ3) is 5.33. The van der Waals surface area contributed by atoms with E-state index < -0.39 is 18.0 Å². The number of carbonyl (C=O) groups is 3. The van der Waals surface area contributed by atoms with Gasteiger partial charge in [0.25, 0.3) is 0 Å². The summed E-state index contributed by atoms with van der Waals surface area (Å²) >= 11 is 0. The summed E-state index contributed by atoms with van der Waals surface area (Å²) < 4.78 is 8.89. The third-order valence-corrected chi connectivity index (χ3v) is 1.90. The number of hydrogen-bond acceptors (Lipinski definition) is 5. The van der Waals surface area contributed by atoms with Crippen molar-refractivity contribution < 1.29 is 23.9 Å². The number of rotatable bonds is 6. The van der Waals surface area contributed by atoms with E-state index in [9.17, 15) is 14.4 Å². The van der Waals surface area contributed by atoms with Crippen molar-refractivity contribution in [1.82, 2.24) is 5.32 Å². The highest BCUT2D eigenvalue weighted by molar-refractivity contribution is 5.87. The van der Waals surface area contributed by atoms with Gasteiger partial charge >= 0.3 is 11.9 Å². The normalized spacial score (nSPS) is 11.4. The molecule has 0 heterocycles. The van der Waals surface area contributed by atoms with Crippen LogP contribution in [0, 0.1) is 0 Å². The average Bonchev–Trinajstić information content (AvgIpc) is 2.27. The predicted molar refractivity (Wildman–Crippen MR) is 55.5 cm³/mol. The molecule has 0 bridgehead atoms. The van der Waals surface area contributed by atoms with Gasteiger partial charge in [-0.1, -0.05) is 6.92 Å². The molecule has 0 aromatic carbocycles. The molecule has 0 saturated heterocycles. The third-order valence-electron chi connectivity index (χ3n) is 1.90. The van der Waals surface area contributed by atoms with Crippen LogP contribution in [0.3, 0.4) is 0 Å². The standard InChI is InChI=1S/C10H17NO5/c1-4-5-8(12)11-7(10(14)16-3)6-9(13)15-2/h7H,4-6H2,1-3H3,(H,11,12). The summed E-state index contributed by atoms with van der Waals surface area (Å²) in [6, 6.07) is -0.975. The molecule has 1 amide bonds. The largest absolute Gasteiger partial charge is 0.469 e. The fourth-order valence-corrected chi connectivity index (χ4v) is 1.08. The zero-order chi connectivity index (χ0) is 12.6. The van der Waals surface area contributed by atoms with Gasteiger partial charge in [0.1, 0.15) is 6.04 Å². The fourth-order valence-electron chi connectivity index (χ4n) is 1.08. The number of methoxy groups -OCH3 is 2. The van der Waals surface area contributed by atoms with Gasteiger partial charge in [0, 0.05) is 6.42 Å². The lowest BCUT2D eigenvalue weighted by Crippen LogP contribution is -2.43. The topological polar surface area (TPSA) is 81.7 Å². The van der Waals surface area contributed by atoms with Crippen LogP contribution in [0.25, 0.3) is 0 Å². The number of amides is 1. The predicted octanol–water partition coefficient (Wildman–Crippen LogP) is 0.00740. The first kappa shape index (κ1) is 14.4. The zero-order valence-electron chi connectivity index (χ0n) is 9.74. The minimum absolute atomic E-state index is 0.224. The summed E-state index contributed by atoms with van der Waals surface area (Å²) in [5.41, 5.74) is 0. The maximum Gasteiger partial charge on any atom is 0.328 e. The van der Waals surface area contributed by atoms with E-state index >= 15 is 0 Å². The second kappa shape index (κ2) is 7.67. The van der Waals surface area contributed by atoms with Crippen molar-refractivity contribution in [3.8, 4) is 0 Å². The van der Waals surface area contributed by atoms with Gasteiger partial charge in [-0.15, -0.1) is 0 Å². The number of ether oxygens (including phenoxy) is 2. The summed E-state index contributed by atoms with van der Waals surface area (Å²) in [6.45, 7) is 1.84. The van der Waals surface area contributed by atoms with Gasteiger partial charge in [-0.25, -0.2) is 4.79 Å². The van der Waals surface area contributed by atoms with Crippen LogP contribution in [-0.2, 0) is 23.9 Å². The van der Waals surface area contributed by atoms with Crippen LogP contribution in [-0.4, -0.2) is 38.1 Å². The van der Waals surface area contributed by atoms with Crippen LogP contribution in [0.2, 0.25) is 0 Å². The Morgan fingerprint density at radius 3 is 2.25 bits per heavy atom. The Bertz CT molecular complexity index is 264. The van der Waals surface area contributed by atoms with Gasteiger partial charge < -0.3 is 14.8 Å². The lowest BCUT2D eigenvalue weighted by atomic mass is 10.2. The minimum atomic E-state index is -0.975. The van der Waals surface area contributed by atoms with E-state index in [0.29, 0.717) is 12.8 Å². The number of esters is 2. The molecule has 0 spiro atoms. The number of carbonyl (C=O) groups excluding carboxylic acids is 3. The van der Waals surface area contributed by atoms with E-state index in [2.05, 4.69) is 14.8 Å². The minimum Gasteiger partial charge on any atom is -0.469 e. The molecule has 0 aliphatic heterocycles. The Morgan fingerprint density at radius 1 is 1.19 bits per heavy atom. The first-order valence-corrected chi connectivity index (χ1v) is 4.99. The Kier molecular flexibility index (Phi) is 6.91. The lowest BCUT2D eigenvalue weighted by molar-refractivity contribution is -0.150. The molecular weight excluding hydrogens is 214 g/mol. The van der Waals surface area contributed by atoms with Crippen LogP contribution in [0.15, 0.2) is 0 Å². The van der Waals surface area contributed by atoms with Crippen molar-refractivity contribution in [2.75, 3.05) is 14.2 Å². The van der Waals surface area contributed by atoms with Gasteiger partial charge in [0.2, 0.25) is 5.91 Å². The summed E-state index contributed by atoms with van der Waals surface area (Å²) in [5.74, 6) is -1.52. The molecule has 6 heteroatoms. The Balaban J connectivity index is 4.37. The first-order chi connectivity index (χ1) is 7.54. The molecule has 0 aromatic heterocycles. The molecule has 6 nitrogen and oxygen atoms in total. The van der Waals surface area contributed by atoms with Crippen LogP contribution in [0.4, 0.5) is 0 Å². The van der Waals surface area contributed by atoms with E-state index in [-0.39, 0.29) is 12.3 Å². The molecular formula is C10H17NO5. The molecule has 0 aliphatic carbocycles. The first-order valence-electron chi connectivity index (χ1n) is 4.99. The van der Waals surface area contributed by atoms with Gasteiger partial charge in [-0.3, -0.25) is 9.59 Å². The van der Waals surface area contributed by atoms with Gasteiger partial charge in [0.15, 0.2) is 0 Å². The fraction of sp³-hybridized carbons (Fsp3) is 0.700. The van der Waals surface area contributed by atoms with Gasteiger partial charge in [-0.05, 0) is 6.42 Å². The summed E-state index contributed by atoms with van der Waals surface area (Å²) in [7, 11) is 2.41. The van der Waals surface area contributed by atoms with Gasteiger partial charge in [-0.2, -0.15) is 0 Å². The average molecular weight is 231 g/mol. The SMILES string of the molecule is CCCC(=O)NC(CC(=O)OC)C(=O)OC. The van der Waals surface area contributed by atoms with Gasteiger partial charge in [0.05, 0.1) is 20.6 Å². The summed E-state index contributed by atoms with van der Waals surface area (Å²) in [5, 5.41) is 2.42. The van der Waals surface area contributed by atoms with Crippen molar-refractivity contribution >= 4 is 17.8 Å². The monoisotopic (exact) mass is 231 g/mol. The Labute approximate surface area is 94.3 Å². The maximum absolute atomic E-state index is 11.3. The lowest BCUT2D eigenvalue weighted by Gasteiger charge is -2.14. The molecule has 92 valence electrons. The zero-order valence-corrected chi connectivity index (χ0v) is 9.74. The van der Waals surface area contributed by atoms with E-state index in [1.165, 1.54) is 14.2 Å². The molecule has 0 fully saturated rings. The molecule has 1 N–H and O–H groups in total. The van der Waals surface area contributed by atoms with Crippen molar-refractivity contribution in [3.63, 3.8) is 0 Å². The Morgan fingerprint density at radius 2 is 1.81 bits per heavy atom. The second-order valence-electron chi connectivity index (χ2n) is 3.17. The highest BCUT2D eigenvalue weighted by Crippen LogP contribution is 1.99. The van der Waals surface area contributed by atoms with E-state index in [1.807, 2.05) is 6.92 Å². The molecule has 0 radical (unpaired) electrons. The molecule has 0 aromatic rings. The molecule has 0 rings (SSSR count). The van der Waals surface area contributed by atoms with E-state index in [4.69, 9.17) is 0 Å². The second-order valence-corrected chi connectivity index (χ2v) is 3.17. The van der Waals surface area contributed by atoms with E-state index in [0.717, 1.165) is 0 Å². The number of nitrogens with one attached hydrogen (secondary N) is 1. The summed E-state index contributed by atoms with van der Waals surface area (Å²) in [6.07, 6.45) is 0.741. The quantitative estimate of drug-likeness (QED) is 0.651. The highest BCUT2D eigenvalue weighted by Gasteiger charge is 2.24. The molecule has 1 unspecified atom stereocenters. The maximum atomic E-state index is 11.3. The Hall–Kier alpha value is -1.59. The van der Waals surface area contributed by atoms with Crippen molar-refractivity contribution in [3.05, 3.63) is 0 Å². The smallest absolute Gasteiger partial charge is 0.328 e. The van der Waals surface area contributed by atoms with Crippen LogP contribution < -0.4 is 5.32 Å². The molecule has 1 atom stereocenters. The van der Waals surface area contributed by atoms with Crippen LogP contribution in [0.1, 0.15) is 26.2 Å². The molecule has 0 saturated carbocycles. The van der Waals surface area contributed by atoms with E-state index in [1.54, 1.807) is 0 Å². The molecule has 16 heavy (non-hydrogen) atoms. The van der Waals surface area contributed by atoms with Crippen LogP contribution in [0.5, 0.6) is 0 Å². The molecule has 0 aliphatic rings.